The van der Waals surface area contributed by atoms with Crippen molar-refractivity contribution in [1.29, 1.82) is 0 Å². The standard InChI is InChI=1S/C59H59BN2/c1-37-29-53-55-54(30-37)62(51-34-47-44(31-38(51)2)58(7,8)36-59(47,9)10)52-35-46-45(56(3,4)27-28-57(46,5)6)33-49(52)60(55)48-32-42(40-19-15-12-16-20-40)23-26-50(48)61(53)43-24-21-41(22-25-43)39-17-13-11-14-18-39/h11-26,29-35H,27-28,36H2,1-10H3. The highest BCUT2D eigenvalue weighted by atomic mass is 15.2. The van der Waals surface area contributed by atoms with Crippen LogP contribution in [0.3, 0.4) is 0 Å². The first-order chi connectivity index (χ1) is 29.5. The second-order valence-electron chi connectivity index (χ2n) is 21.7. The van der Waals surface area contributed by atoms with Crippen molar-refractivity contribution in [2.24, 2.45) is 0 Å². The molecule has 0 N–H and O–H groups in total. The first-order valence-electron chi connectivity index (χ1n) is 23.0. The number of anilines is 6. The zero-order valence-electron chi connectivity index (χ0n) is 38.4. The second-order valence-corrected chi connectivity index (χ2v) is 21.7. The number of benzene rings is 7. The van der Waals surface area contributed by atoms with Crippen LogP contribution in [-0.4, -0.2) is 6.71 Å². The summed E-state index contributed by atoms with van der Waals surface area (Å²) in [5, 5.41) is 0. The van der Waals surface area contributed by atoms with Gasteiger partial charge in [0.05, 0.1) is 0 Å². The van der Waals surface area contributed by atoms with Crippen LogP contribution < -0.4 is 26.2 Å². The first kappa shape index (κ1) is 39.1. The Morgan fingerprint density at radius 2 is 0.887 bits per heavy atom. The lowest BCUT2D eigenvalue weighted by Crippen LogP contribution is -2.62. The number of aryl methyl sites for hydroxylation is 2. The maximum absolute atomic E-state index is 2.70. The molecule has 3 heteroatoms. The predicted molar refractivity (Wildman–Crippen MR) is 267 cm³/mol. The van der Waals surface area contributed by atoms with E-state index in [1.165, 1.54) is 119 Å². The van der Waals surface area contributed by atoms with E-state index in [-0.39, 0.29) is 28.4 Å². The minimum absolute atomic E-state index is 0.0431. The molecule has 0 fully saturated rings. The lowest BCUT2D eigenvalue weighted by Gasteiger charge is -2.48. The molecule has 7 aromatic rings. The zero-order chi connectivity index (χ0) is 43.1. The number of hydrogen-bond acceptors (Lipinski definition) is 2. The van der Waals surface area contributed by atoms with Crippen molar-refractivity contribution in [2.75, 3.05) is 9.80 Å². The fourth-order valence-corrected chi connectivity index (χ4v) is 12.3. The highest BCUT2D eigenvalue weighted by molar-refractivity contribution is 7.00. The molecule has 0 spiro atoms. The maximum Gasteiger partial charge on any atom is 0.252 e. The Labute approximate surface area is 370 Å². The van der Waals surface area contributed by atoms with Gasteiger partial charge in [0.25, 0.3) is 6.71 Å². The SMILES string of the molecule is Cc1cc2c3c(c1)N(c1cc4c(cc1C)C(C)(C)CC4(C)C)c1cc4c(cc1B3c1cc(-c3ccccc3)ccc1N2c1ccc(-c2ccccc2)cc1)C(C)(C)CCC4(C)C. The van der Waals surface area contributed by atoms with Gasteiger partial charge >= 0.3 is 0 Å². The van der Waals surface area contributed by atoms with Crippen molar-refractivity contribution in [1.82, 2.24) is 0 Å². The van der Waals surface area contributed by atoms with E-state index in [0.717, 1.165) is 6.42 Å². The summed E-state index contributed by atoms with van der Waals surface area (Å²) in [7, 11) is 0. The molecule has 4 aliphatic rings. The molecule has 7 aromatic carbocycles. The molecule has 0 saturated carbocycles. The third-order valence-electron chi connectivity index (χ3n) is 15.4. The van der Waals surface area contributed by atoms with Crippen LogP contribution in [0.2, 0.25) is 0 Å². The quantitative estimate of drug-likeness (QED) is 0.164. The molecule has 0 atom stereocenters. The lowest BCUT2D eigenvalue weighted by molar-refractivity contribution is 0.332. The Balaban J connectivity index is 1.23. The highest BCUT2D eigenvalue weighted by Crippen LogP contribution is 2.54. The van der Waals surface area contributed by atoms with Gasteiger partial charge in [-0.15, -0.1) is 0 Å². The van der Waals surface area contributed by atoms with Gasteiger partial charge in [0.15, 0.2) is 0 Å². The third kappa shape index (κ3) is 5.83. The van der Waals surface area contributed by atoms with E-state index in [9.17, 15) is 0 Å². The van der Waals surface area contributed by atoms with Crippen molar-refractivity contribution < 1.29 is 0 Å². The van der Waals surface area contributed by atoms with Crippen LogP contribution >= 0.6 is 0 Å². The van der Waals surface area contributed by atoms with Crippen molar-refractivity contribution in [3.8, 4) is 22.3 Å². The minimum atomic E-state index is 0.0431. The third-order valence-corrected chi connectivity index (χ3v) is 15.4. The average Bonchev–Trinajstić information content (AvgIpc) is 3.43. The molecule has 11 rings (SSSR count). The number of fused-ring (bicyclic) bond motifs is 6. The summed E-state index contributed by atoms with van der Waals surface area (Å²) < 4.78 is 0. The van der Waals surface area contributed by atoms with Gasteiger partial charge in [-0.25, -0.2) is 0 Å². The van der Waals surface area contributed by atoms with E-state index in [2.05, 4.69) is 219 Å². The van der Waals surface area contributed by atoms with Crippen LogP contribution in [0, 0.1) is 13.8 Å². The smallest absolute Gasteiger partial charge is 0.252 e. The normalized spacial score (nSPS) is 18.1. The summed E-state index contributed by atoms with van der Waals surface area (Å²) in [5.41, 5.74) is 25.7. The van der Waals surface area contributed by atoms with Crippen LogP contribution in [0.1, 0.15) is 108 Å². The Bertz CT molecular complexity index is 2950. The molecule has 0 saturated heterocycles. The summed E-state index contributed by atoms with van der Waals surface area (Å²) in [5.74, 6) is 0. The van der Waals surface area contributed by atoms with E-state index < -0.39 is 0 Å². The lowest BCUT2D eigenvalue weighted by atomic mass is 9.33. The molecule has 62 heavy (non-hydrogen) atoms. The van der Waals surface area contributed by atoms with Gasteiger partial charge in [0, 0.05) is 34.1 Å². The van der Waals surface area contributed by atoms with Crippen molar-refractivity contribution in [3.63, 3.8) is 0 Å². The summed E-state index contributed by atoms with van der Waals surface area (Å²) in [4.78, 5) is 5.27. The van der Waals surface area contributed by atoms with Crippen molar-refractivity contribution in [3.05, 3.63) is 173 Å². The fraction of sp³-hybridized carbons (Fsp3) is 0.288. The molecule has 0 aromatic heterocycles. The second kappa shape index (κ2) is 13.4. The van der Waals surface area contributed by atoms with Crippen LogP contribution in [0.4, 0.5) is 34.1 Å². The van der Waals surface area contributed by atoms with E-state index in [4.69, 9.17) is 0 Å². The summed E-state index contributed by atoms with van der Waals surface area (Å²) in [6, 6.07) is 53.6. The molecule has 0 unspecified atom stereocenters. The van der Waals surface area contributed by atoms with Gasteiger partial charge < -0.3 is 9.80 Å². The molecule has 0 radical (unpaired) electrons. The van der Waals surface area contributed by atoms with E-state index in [1.54, 1.807) is 0 Å². The van der Waals surface area contributed by atoms with Crippen LogP contribution in [0.25, 0.3) is 22.3 Å². The molecular weight excluding hydrogens is 747 g/mol. The van der Waals surface area contributed by atoms with Gasteiger partial charge in [0.1, 0.15) is 0 Å². The van der Waals surface area contributed by atoms with Crippen LogP contribution in [0.15, 0.2) is 140 Å². The Kier molecular flexibility index (Phi) is 8.42. The maximum atomic E-state index is 2.70. The molecule has 0 amide bonds. The number of nitrogens with zero attached hydrogens (tertiary/aromatic N) is 2. The van der Waals surface area contributed by atoms with Crippen molar-refractivity contribution >= 4 is 57.2 Å². The van der Waals surface area contributed by atoms with Gasteiger partial charge in [-0.3, -0.25) is 0 Å². The Morgan fingerprint density at radius 1 is 0.403 bits per heavy atom. The van der Waals surface area contributed by atoms with Gasteiger partial charge in [-0.2, -0.15) is 0 Å². The van der Waals surface area contributed by atoms with E-state index >= 15 is 0 Å². The molecular formula is C59H59BN2. The Hall–Kier alpha value is -5.80. The molecule has 2 nitrogen and oxygen atoms in total. The van der Waals surface area contributed by atoms with Gasteiger partial charge in [-0.05, 0) is 169 Å². The molecule has 2 aliphatic heterocycles. The fourth-order valence-electron chi connectivity index (χ4n) is 12.3. The van der Waals surface area contributed by atoms with Gasteiger partial charge in [0.2, 0.25) is 0 Å². The minimum Gasteiger partial charge on any atom is -0.311 e. The number of hydrogen-bond donors (Lipinski definition) is 0. The largest absolute Gasteiger partial charge is 0.311 e. The number of rotatable bonds is 4. The predicted octanol–water partition coefficient (Wildman–Crippen LogP) is 14.0. The summed E-state index contributed by atoms with van der Waals surface area (Å²) >= 11 is 0. The van der Waals surface area contributed by atoms with Crippen LogP contribution in [0.5, 0.6) is 0 Å². The zero-order valence-corrected chi connectivity index (χ0v) is 38.4. The molecule has 2 aliphatic carbocycles. The summed E-state index contributed by atoms with van der Waals surface area (Å²) in [6.45, 7) is 24.4. The Morgan fingerprint density at radius 3 is 1.52 bits per heavy atom. The summed E-state index contributed by atoms with van der Waals surface area (Å²) in [6.07, 6.45) is 3.50. The topological polar surface area (TPSA) is 6.48 Å². The highest BCUT2D eigenvalue weighted by Gasteiger charge is 2.48. The first-order valence-corrected chi connectivity index (χ1v) is 23.0. The molecule has 2 heterocycles. The van der Waals surface area contributed by atoms with E-state index in [1.807, 2.05) is 0 Å². The monoisotopic (exact) mass is 806 g/mol. The molecule has 0 bridgehead atoms. The average molecular weight is 807 g/mol. The van der Waals surface area contributed by atoms with Crippen LogP contribution in [-0.2, 0) is 21.7 Å². The van der Waals surface area contributed by atoms with Gasteiger partial charge in [-0.1, -0.05) is 152 Å². The molecule has 308 valence electrons. The van der Waals surface area contributed by atoms with Crippen molar-refractivity contribution in [2.45, 2.75) is 110 Å². The van der Waals surface area contributed by atoms with E-state index in [0.29, 0.717) is 0 Å².